The van der Waals surface area contributed by atoms with Crippen LogP contribution in [-0.4, -0.2) is 77.3 Å². The number of carbonyl (C=O) groups is 4. The second-order valence-electron chi connectivity index (χ2n) is 8.74. The van der Waals surface area contributed by atoms with E-state index in [1.54, 1.807) is 21.6 Å². The van der Waals surface area contributed by atoms with Gasteiger partial charge >= 0.3 is 0 Å². The molecule has 0 amide bonds. The smallest absolute Gasteiger partial charge is 0.266 e. The van der Waals surface area contributed by atoms with Gasteiger partial charge < -0.3 is 28.4 Å². The van der Waals surface area contributed by atoms with Gasteiger partial charge in [-0.2, -0.15) is 0 Å². The first kappa shape index (κ1) is 33.3. The second kappa shape index (κ2) is 17.1. The summed E-state index contributed by atoms with van der Waals surface area (Å²) in [5, 5.41) is 0. The van der Waals surface area contributed by atoms with Gasteiger partial charge in [-0.3, -0.25) is 19.2 Å². The summed E-state index contributed by atoms with van der Waals surface area (Å²) in [6.45, 7) is 0. The van der Waals surface area contributed by atoms with Crippen LogP contribution >= 0.6 is 21.6 Å². The molecule has 2 rings (SSSR count). The molecule has 0 aromatic heterocycles. The minimum Gasteiger partial charge on any atom is -0.492 e. The fourth-order valence-corrected chi connectivity index (χ4v) is 6.69. The Morgan fingerprint density at radius 2 is 0.700 bits per heavy atom. The topological polar surface area (TPSA) is 124 Å². The molecule has 222 valence electrons. The van der Waals surface area contributed by atoms with Gasteiger partial charge in [-0.05, 0) is 38.5 Å². The Hall–Kier alpha value is -2.86. The number of unbranched alkanes of at least 4 members (excludes halogenated alkanes) is 4. The van der Waals surface area contributed by atoms with Crippen molar-refractivity contribution >= 4 is 44.7 Å². The fraction of sp³-hybridized carbons (Fsp3) is 0.571. The Balaban J connectivity index is 1.65. The molecule has 0 atom stereocenters. The van der Waals surface area contributed by atoms with Crippen LogP contribution in [0.2, 0.25) is 0 Å². The zero-order valence-electron chi connectivity index (χ0n) is 24.0. The number of ketones is 4. The summed E-state index contributed by atoms with van der Waals surface area (Å²) in [4.78, 5) is 50.6. The molecule has 0 aromatic carbocycles. The van der Waals surface area contributed by atoms with Crippen molar-refractivity contribution in [1.29, 1.82) is 0 Å². The molecule has 0 saturated heterocycles. The highest BCUT2D eigenvalue weighted by Gasteiger charge is 2.38. The highest BCUT2D eigenvalue weighted by Crippen LogP contribution is 2.31. The summed E-state index contributed by atoms with van der Waals surface area (Å²) in [7, 11) is 11.7. The summed E-state index contributed by atoms with van der Waals surface area (Å²) in [5.41, 5.74) is 0.655. The first-order valence-corrected chi connectivity index (χ1v) is 15.4. The Labute approximate surface area is 243 Å². The third-order valence-electron chi connectivity index (χ3n) is 6.36. The predicted octanol–water partition coefficient (Wildman–Crippen LogP) is 4.60. The van der Waals surface area contributed by atoms with Crippen molar-refractivity contribution in [3.8, 4) is 0 Å². The molecule has 0 heterocycles. The van der Waals surface area contributed by atoms with Crippen LogP contribution in [0.3, 0.4) is 0 Å². The number of methoxy groups -OCH3 is 6. The standard InChI is InChI=1S/C28H38O10S2/c1-33-23-17(19(29)25(35-3)27(37-5)21(23)31)13-9-7-11-15-39-40-16-12-8-10-14-18-20(30)26(36-4)28(38-6)22(32)24(18)34-2/h7-16H2,1-6H3. The molecule has 2 aliphatic carbocycles. The molecule has 0 saturated carbocycles. The highest BCUT2D eigenvalue weighted by molar-refractivity contribution is 8.76. The summed E-state index contributed by atoms with van der Waals surface area (Å²) in [6.07, 6.45) is 6.13. The van der Waals surface area contributed by atoms with E-state index in [0.29, 0.717) is 24.0 Å². The molecule has 10 nitrogen and oxygen atoms in total. The Morgan fingerprint density at radius 1 is 0.400 bits per heavy atom. The quantitative estimate of drug-likeness (QED) is 0.117. The van der Waals surface area contributed by atoms with Crippen LogP contribution in [0.25, 0.3) is 0 Å². The van der Waals surface area contributed by atoms with Crippen LogP contribution in [0.1, 0.15) is 51.4 Å². The summed E-state index contributed by atoms with van der Waals surface area (Å²) < 4.78 is 30.8. The maximum atomic E-state index is 12.7. The molecule has 0 bridgehead atoms. The molecule has 0 aliphatic heterocycles. The van der Waals surface area contributed by atoms with Crippen LogP contribution in [0.5, 0.6) is 0 Å². The van der Waals surface area contributed by atoms with Crippen LogP contribution in [0, 0.1) is 0 Å². The Bertz CT molecular complexity index is 1010. The zero-order chi connectivity index (χ0) is 29.7. The number of rotatable bonds is 19. The van der Waals surface area contributed by atoms with E-state index < -0.39 is 11.6 Å². The number of hydrogen-bond donors (Lipinski definition) is 0. The zero-order valence-corrected chi connectivity index (χ0v) is 25.6. The van der Waals surface area contributed by atoms with Crippen molar-refractivity contribution in [2.45, 2.75) is 51.4 Å². The van der Waals surface area contributed by atoms with Gasteiger partial charge in [-0.25, -0.2) is 0 Å². The van der Waals surface area contributed by atoms with E-state index in [-0.39, 0.29) is 46.1 Å². The summed E-state index contributed by atoms with van der Waals surface area (Å²) >= 11 is 0. The van der Waals surface area contributed by atoms with Gasteiger partial charge in [0.25, 0.3) is 11.6 Å². The number of carbonyl (C=O) groups excluding carboxylic acids is 4. The van der Waals surface area contributed by atoms with Crippen molar-refractivity contribution in [3.63, 3.8) is 0 Å². The third kappa shape index (κ3) is 7.87. The molecule has 0 radical (unpaired) electrons. The van der Waals surface area contributed by atoms with Gasteiger partial charge in [0.2, 0.25) is 34.6 Å². The fourth-order valence-electron chi connectivity index (χ4n) is 4.40. The number of ether oxygens (including phenoxy) is 6. The molecular formula is C28H38O10S2. The van der Waals surface area contributed by atoms with Crippen LogP contribution in [0.4, 0.5) is 0 Å². The lowest BCUT2D eigenvalue weighted by molar-refractivity contribution is -0.123. The molecule has 0 unspecified atom stereocenters. The lowest BCUT2D eigenvalue weighted by Gasteiger charge is -2.21. The van der Waals surface area contributed by atoms with Crippen molar-refractivity contribution < 1.29 is 47.6 Å². The monoisotopic (exact) mass is 598 g/mol. The number of allylic oxidation sites excluding steroid dienone is 2. The average molecular weight is 599 g/mol. The van der Waals surface area contributed by atoms with E-state index in [0.717, 1.165) is 50.0 Å². The molecule has 0 spiro atoms. The Morgan fingerprint density at radius 3 is 1.00 bits per heavy atom. The number of hydrogen-bond acceptors (Lipinski definition) is 12. The van der Waals surface area contributed by atoms with Crippen molar-refractivity contribution in [1.82, 2.24) is 0 Å². The van der Waals surface area contributed by atoms with Crippen LogP contribution in [-0.2, 0) is 47.6 Å². The minimum atomic E-state index is -0.477. The van der Waals surface area contributed by atoms with Gasteiger partial charge in [-0.15, -0.1) is 0 Å². The minimum absolute atomic E-state index is 0.0251. The molecule has 2 aliphatic rings. The average Bonchev–Trinajstić information content (AvgIpc) is 2.95. The van der Waals surface area contributed by atoms with Gasteiger partial charge in [0, 0.05) is 22.7 Å². The number of Topliss-reactive ketones (excluding diaryl/α,β-unsaturated/α-hetero) is 4. The van der Waals surface area contributed by atoms with E-state index in [9.17, 15) is 19.2 Å². The largest absolute Gasteiger partial charge is 0.492 e. The van der Waals surface area contributed by atoms with Gasteiger partial charge in [0.05, 0.1) is 42.7 Å². The van der Waals surface area contributed by atoms with Crippen molar-refractivity contribution in [3.05, 3.63) is 45.7 Å². The molecule has 12 heteroatoms. The van der Waals surface area contributed by atoms with E-state index in [1.807, 2.05) is 0 Å². The maximum Gasteiger partial charge on any atom is 0.266 e. The van der Waals surface area contributed by atoms with Crippen molar-refractivity contribution in [2.24, 2.45) is 0 Å². The SMILES string of the molecule is COC1=C(CCCCCSSCCCCCC2=C(OC)C(=O)C(OC)=C(OC)C2=O)C(=O)C(OC)=C(OC)C1=O. The maximum absolute atomic E-state index is 12.7. The van der Waals surface area contributed by atoms with Gasteiger partial charge in [0.15, 0.2) is 11.5 Å². The lowest BCUT2D eigenvalue weighted by Crippen LogP contribution is -2.26. The summed E-state index contributed by atoms with van der Waals surface area (Å²) in [5.74, 6) is -0.125. The van der Waals surface area contributed by atoms with Crippen LogP contribution < -0.4 is 0 Å². The molecule has 40 heavy (non-hydrogen) atoms. The summed E-state index contributed by atoms with van der Waals surface area (Å²) in [6, 6.07) is 0. The van der Waals surface area contributed by atoms with Crippen molar-refractivity contribution in [2.75, 3.05) is 54.2 Å². The van der Waals surface area contributed by atoms with E-state index in [4.69, 9.17) is 28.4 Å². The lowest BCUT2D eigenvalue weighted by atomic mass is 9.94. The third-order valence-corrected chi connectivity index (χ3v) is 8.94. The van der Waals surface area contributed by atoms with E-state index in [2.05, 4.69) is 0 Å². The second-order valence-corrected chi connectivity index (χ2v) is 11.4. The molecule has 0 fully saturated rings. The first-order valence-electron chi connectivity index (χ1n) is 12.9. The molecule has 0 aromatic rings. The van der Waals surface area contributed by atoms with Gasteiger partial charge in [-0.1, -0.05) is 34.4 Å². The molecular weight excluding hydrogens is 560 g/mol. The predicted molar refractivity (Wildman–Crippen MR) is 152 cm³/mol. The highest BCUT2D eigenvalue weighted by atomic mass is 33.1. The van der Waals surface area contributed by atoms with E-state index >= 15 is 0 Å². The Kier molecular flexibility index (Phi) is 14.2. The van der Waals surface area contributed by atoms with E-state index in [1.165, 1.54) is 42.7 Å². The molecule has 0 N–H and O–H groups in total. The normalized spacial score (nSPS) is 16.2. The van der Waals surface area contributed by atoms with Crippen LogP contribution in [0.15, 0.2) is 45.7 Å². The first-order chi connectivity index (χ1) is 19.3. The van der Waals surface area contributed by atoms with Gasteiger partial charge in [0.1, 0.15) is 0 Å².